The van der Waals surface area contributed by atoms with E-state index < -0.39 is 5.60 Å². The molecule has 0 aromatic carbocycles. The molecule has 0 spiro atoms. The molecule has 0 bridgehead atoms. The Labute approximate surface area is 132 Å². The van der Waals surface area contributed by atoms with E-state index in [0.29, 0.717) is 13.1 Å². The molecule has 0 N–H and O–H groups in total. The summed E-state index contributed by atoms with van der Waals surface area (Å²) in [4.78, 5) is 27.4. The molecule has 1 aliphatic heterocycles. The summed E-state index contributed by atoms with van der Waals surface area (Å²) in [6, 6.07) is 0.0672. The van der Waals surface area contributed by atoms with Crippen LogP contribution in [-0.4, -0.2) is 59.0 Å². The van der Waals surface area contributed by atoms with Crippen LogP contribution in [0.3, 0.4) is 0 Å². The van der Waals surface area contributed by atoms with Crippen LogP contribution in [0, 0.1) is 5.92 Å². The largest absolute Gasteiger partial charge is 0.444 e. The zero-order valence-corrected chi connectivity index (χ0v) is 14.4. The fourth-order valence-electron chi connectivity index (χ4n) is 2.39. The summed E-state index contributed by atoms with van der Waals surface area (Å²) in [6.07, 6.45) is 0.605. The van der Waals surface area contributed by atoms with E-state index in [-0.39, 0.29) is 29.8 Å². The number of rotatable bonds is 4. The van der Waals surface area contributed by atoms with Gasteiger partial charge in [0.25, 0.3) is 0 Å². The number of carbonyl (C=O) groups is 2. The van der Waals surface area contributed by atoms with Crippen LogP contribution in [0.2, 0.25) is 0 Å². The summed E-state index contributed by atoms with van der Waals surface area (Å²) in [6.45, 7) is 11.5. The Hall–Kier alpha value is -0.970. The fraction of sp³-hybridized carbons (Fsp3) is 0.867. The molecule has 1 atom stereocenters. The standard InChI is InChI=1S/C15H27ClN2O3/c1-11(2)18(14(20)21-15(3,4)5)10-12-6-7-17(9-12)13(19)8-16/h11-12H,6-10H2,1-5H3/t12-/m0/s1. The van der Waals surface area contributed by atoms with E-state index in [1.165, 1.54) is 0 Å². The predicted molar refractivity (Wildman–Crippen MR) is 83.5 cm³/mol. The average Bonchev–Trinajstić information content (AvgIpc) is 2.80. The lowest BCUT2D eigenvalue weighted by Crippen LogP contribution is -2.44. The van der Waals surface area contributed by atoms with Gasteiger partial charge in [0.15, 0.2) is 0 Å². The van der Waals surface area contributed by atoms with Gasteiger partial charge in [-0.3, -0.25) is 4.79 Å². The smallest absolute Gasteiger partial charge is 0.410 e. The molecular formula is C15H27ClN2O3. The zero-order valence-electron chi connectivity index (χ0n) is 13.7. The molecule has 1 heterocycles. The minimum Gasteiger partial charge on any atom is -0.444 e. The molecule has 1 fully saturated rings. The number of nitrogens with zero attached hydrogens (tertiary/aromatic N) is 2. The lowest BCUT2D eigenvalue weighted by molar-refractivity contribution is -0.127. The summed E-state index contributed by atoms with van der Waals surface area (Å²) < 4.78 is 5.45. The molecule has 21 heavy (non-hydrogen) atoms. The lowest BCUT2D eigenvalue weighted by atomic mass is 10.1. The minimum absolute atomic E-state index is 0.0205. The first-order valence-corrected chi connectivity index (χ1v) is 8.01. The first-order valence-electron chi connectivity index (χ1n) is 7.47. The number of alkyl halides is 1. The van der Waals surface area contributed by atoms with E-state index >= 15 is 0 Å². The third kappa shape index (κ3) is 5.73. The van der Waals surface area contributed by atoms with Crippen LogP contribution in [0.4, 0.5) is 4.79 Å². The van der Waals surface area contributed by atoms with Crippen molar-refractivity contribution in [3.8, 4) is 0 Å². The topological polar surface area (TPSA) is 49.9 Å². The van der Waals surface area contributed by atoms with Gasteiger partial charge in [-0.15, -0.1) is 11.6 Å². The van der Waals surface area contributed by atoms with Gasteiger partial charge >= 0.3 is 6.09 Å². The van der Waals surface area contributed by atoms with E-state index in [2.05, 4.69) is 0 Å². The predicted octanol–water partition coefficient (Wildman–Crippen LogP) is 2.72. The molecule has 0 aromatic heterocycles. The van der Waals surface area contributed by atoms with Crippen LogP contribution >= 0.6 is 11.6 Å². The van der Waals surface area contributed by atoms with Gasteiger partial charge in [0.2, 0.25) is 5.91 Å². The Kier molecular flexibility index (Phi) is 6.32. The number of hydrogen-bond donors (Lipinski definition) is 0. The molecule has 2 amide bonds. The van der Waals surface area contributed by atoms with Crippen LogP contribution in [0.1, 0.15) is 41.0 Å². The fourth-order valence-corrected chi connectivity index (χ4v) is 2.56. The maximum Gasteiger partial charge on any atom is 0.410 e. The van der Waals surface area contributed by atoms with Gasteiger partial charge in [0.1, 0.15) is 11.5 Å². The van der Waals surface area contributed by atoms with Crippen molar-refractivity contribution < 1.29 is 14.3 Å². The van der Waals surface area contributed by atoms with Crippen molar-refractivity contribution in [2.24, 2.45) is 5.92 Å². The number of amides is 2. The molecule has 0 saturated carbocycles. The molecule has 1 saturated heterocycles. The van der Waals surface area contributed by atoms with Gasteiger partial charge in [-0.2, -0.15) is 0 Å². The quantitative estimate of drug-likeness (QED) is 0.749. The molecule has 6 heteroatoms. The number of likely N-dealkylation sites (tertiary alicyclic amines) is 1. The normalized spacial score (nSPS) is 19.0. The molecule has 0 aromatic rings. The van der Waals surface area contributed by atoms with Crippen molar-refractivity contribution >= 4 is 23.6 Å². The lowest BCUT2D eigenvalue weighted by Gasteiger charge is -2.31. The van der Waals surface area contributed by atoms with Crippen molar-refractivity contribution in [1.82, 2.24) is 9.80 Å². The van der Waals surface area contributed by atoms with Gasteiger partial charge in [0, 0.05) is 25.7 Å². The highest BCUT2D eigenvalue weighted by Gasteiger charge is 2.31. The highest BCUT2D eigenvalue weighted by Crippen LogP contribution is 2.20. The van der Waals surface area contributed by atoms with Gasteiger partial charge < -0.3 is 14.5 Å². The number of hydrogen-bond acceptors (Lipinski definition) is 3. The molecule has 1 aliphatic rings. The summed E-state index contributed by atoms with van der Waals surface area (Å²) in [5.74, 6) is 0.270. The Morgan fingerprint density at radius 1 is 1.38 bits per heavy atom. The van der Waals surface area contributed by atoms with E-state index in [1.54, 1.807) is 9.80 Å². The molecule has 0 radical (unpaired) electrons. The van der Waals surface area contributed by atoms with E-state index in [9.17, 15) is 9.59 Å². The molecule has 122 valence electrons. The van der Waals surface area contributed by atoms with Crippen LogP contribution in [0.5, 0.6) is 0 Å². The Bertz CT molecular complexity index is 380. The number of carbonyl (C=O) groups excluding carboxylic acids is 2. The monoisotopic (exact) mass is 318 g/mol. The van der Waals surface area contributed by atoms with E-state index in [4.69, 9.17) is 16.3 Å². The van der Waals surface area contributed by atoms with Crippen molar-refractivity contribution in [1.29, 1.82) is 0 Å². The maximum atomic E-state index is 12.3. The second-order valence-corrected chi connectivity index (χ2v) is 7.12. The van der Waals surface area contributed by atoms with Crippen molar-refractivity contribution in [3.63, 3.8) is 0 Å². The van der Waals surface area contributed by atoms with Crippen molar-refractivity contribution in [2.45, 2.75) is 52.7 Å². The average molecular weight is 319 g/mol. The third-order valence-electron chi connectivity index (χ3n) is 3.46. The zero-order chi connectivity index (χ0) is 16.2. The van der Waals surface area contributed by atoms with Crippen molar-refractivity contribution in [2.75, 3.05) is 25.5 Å². The SMILES string of the molecule is CC(C)N(C[C@H]1CCN(C(=O)CCl)C1)C(=O)OC(C)(C)C. The first-order chi connectivity index (χ1) is 9.64. The highest BCUT2D eigenvalue weighted by atomic mass is 35.5. The highest BCUT2D eigenvalue weighted by molar-refractivity contribution is 6.27. The van der Waals surface area contributed by atoms with E-state index in [1.807, 2.05) is 34.6 Å². The van der Waals surface area contributed by atoms with Crippen LogP contribution in [-0.2, 0) is 9.53 Å². The van der Waals surface area contributed by atoms with Gasteiger partial charge in [-0.1, -0.05) is 0 Å². The first kappa shape index (κ1) is 18.1. The summed E-state index contributed by atoms with van der Waals surface area (Å²) in [5.41, 5.74) is -0.499. The molecule has 0 aliphatic carbocycles. The Balaban J connectivity index is 2.60. The second kappa shape index (κ2) is 7.34. The summed E-state index contributed by atoms with van der Waals surface area (Å²) >= 11 is 5.58. The molecular weight excluding hydrogens is 292 g/mol. The number of ether oxygens (including phenoxy) is 1. The van der Waals surface area contributed by atoms with Crippen LogP contribution < -0.4 is 0 Å². The Morgan fingerprint density at radius 3 is 2.48 bits per heavy atom. The second-order valence-electron chi connectivity index (χ2n) is 6.85. The molecule has 5 nitrogen and oxygen atoms in total. The van der Waals surface area contributed by atoms with Crippen molar-refractivity contribution in [3.05, 3.63) is 0 Å². The molecule has 0 unspecified atom stereocenters. The van der Waals surface area contributed by atoms with Gasteiger partial charge in [-0.05, 0) is 47.0 Å². The minimum atomic E-state index is -0.499. The number of halogens is 1. The summed E-state index contributed by atoms with van der Waals surface area (Å²) in [5, 5.41) is 0. The summed E-state index contributed by atoms with van der Waals surface area (Å²) in [7, 11) is 0. The third-order valence-corrected chi connectivity index (χ3v) is 3.69. The Morgan fingerprint density at radius 2 is 2.00 bits per heavy atom. The van der Waals surface area contributed by atoms with Gasteiger partial charge in [-0.25, -0.2) is 4.79 Å². The van der Waals surface area contributed by atoms with Crippen LogP contribution in [0.25, 0.3) is 0 Å². The van der Waals surface area contributed by atoms with Gasteiger partial charge in [0.05, 0.1) is 0 Å². The maximum absolute atomic E-state index is 12.3. The van der Waals surface area contributed by atoms with Crippen LogP contribution in [0.15, 0.2) is 0 Å². The van der Waals surface area contributed by atoms with E-state index in [0.717, 1.165) is 13.0 Å². The molecule has 1 rings (SSSR count).